The smallest absolute Gasteiger partial charge is 0.282 e. The highest BCUT2D eigenvalue weighted by Crippen LogP contribution is 2.27. The molecule has 0 radical (unpaired) electrons. The Morgan fingerprint density at radius 1 is 1.00 bits per heavy atom. The summed E-state index contributed by atoms with van der Waals surface area (Å²) in [6.07, 6.45) is 1.36. The first-order valence-corrected chi connectivity index (χ1v) is 7.40. The van der Waals surface area contributed by atoms with E-state index in [1.54, 1.807) is 24.3 Å². The third kappa shape index (κ3) is 2.91. The first-order chi connectivity index (χ1) is 11.0. The number of carbonyl (C=O) groups excluding carboxylic acids is 2. The molecule has 3 rings (SSSR count). The Morgan fingerprint density at radius 2 is 1.70 bits per heavy atom. The minimum atomic E-state index is -0.537. The summed E-state index contributed by atoms with van der Waals surface area (Å²) in [5.41, 5.74) is 3.39. The summed E-state index contributed by atoms with van der Waals surface area (Å²) >= 11 is 3.30. The lowest BCUT2D eigenvalue weighted by atomic mass is 10.1. The number of amides is 2. The van der Waals surface area contributed by atoms with Gasteiger partial charge in [-0.2, -0.15) is 0 Å². The molecule has 0 aliphatic carbocycles. The van der Waals surface area contributed by atoms with Gasteiger partial charge in [-0.25, -0.2) is 5.01 Å². The first-order valence-electron chi connectivity index (χ1n) is 6.60. The molecule has 1 saturated heterocycles. The Labute approximate surface area is 139 Å². The lowest BCUT2D eigenvalue weighted by Gasteiger charge is -2.14. The standard InChI is InChI=1S/C16H11BrN2O4/c17-10-2-4-11(5-3-10)19-16(23)12(15(22)18-19)7-9-1-6-13(20)14(21)8-9/h1-8,20-21H,(H,18,22). The molecule has 0 unspecified atom stereocenters. The Morgan fingerprint density at radius 3 is 2.35 bits per heavy atom. The number of phenolic OH excluding ortho intramolecular Hbond substituents is 2. The van der Waals surface area contributed by atoms with Crippen LogP contribution in [0.2, 0.25) is 0 Å². The molecule has 2 amide bonds. The number of nitrogens with zero attached hydrogens (tertiary/aromatic N) is 1. The second-order valence-corrected chi connectivity index (χ2v) is 5.78. The molecule has 2 aromatic rings. The van der Waals surface area contributed by atoms with E-state index in [1.165, 1.54) is 24.3 Å². The van der Waals surface area contributed by atoms with Gasteiger partial charge in [0.25, 0.3) is 11.8 Å². The van der Waals surface area contributed by atoms with Crippen molar-refractivity contribution in [2.75, 3.05) is 5.01 Å². The second kappa shape index (κ2) is 5.77. The lowest BCUT2D eigenvalue weighted by Crippen LogP contribution is -2.35. The molecule has 6 nitrogen and oxygen atoms in total. The van der Waals surface area contributed by atoms with E-state index in [-0.39, 0.29) is 17.1 Å². The molecule has 1 fully saturated rings. The van der Waals surface area contributed by atoms with Gasteiger partial charge in [0.05, 0.1) is 5.69 Å². The average molecular weight is 375 g/mol. The third-order valence-electron chi connectivity index (χ3n) is 3.29. The van der Waals surface area contributed by atoms with Crippen molar-refractivity contribution in [1.29, 1.82) is 0 Å². The van der Waals surface area contributed by atoms with Crippen molar-refractivity contribution in [1.82, 2.24) is 5.43 Å². The van der Waals surface area contributed by atoms with Crippen LogP contribution in [0.1, 0.15) is 5.56 Å². The first kappa shape index (κ1) is 15.1. The van der Waals surface area contributed by atoms with E-state index in [4.69, 9.17) is 0 Å². The zero-order valence-corrected chi connectivity index (χ0v) is 13.2. The molecule has 0 saturated carbocycles. The fourth-order valence-corrected chi connectivity index (χ4v) is 2.39. The monoisotopic (exact) mass is 374 g/mol. The highest BCUT2D eigenvalue weighted by atomic mass is 79.9. The molecule has 0 bridgehead atoms. The van der Waals surface area contributed by atoms with Gasteiger partial charge in [-0.05, 0) is 48.0 Å². The fourth-order valence-electron chi connectivity index (χ4n) is 2.13. The molecular formula is C16H11BrN2O4. The minimum absolute atomic E-state index is 0.0574. The van der Waals surface area contributed by atoms with Crippen LogP contribution in [0.15, 0.2) is 52.5 Å². The second-order valence-electron chi connectivity index (χ2n) is 4.86. The highest BCUT2D eigenvalue weighted by molar-refractivity contribution is 9.10. The number of hydrogen-bond acceptors (Lipinski definition) is 4. The van der Waals surface area contributed by atoms with Crippen molar-refractivity contribution in [2.24, 2.45) is 0 Å². The summed E-state index contributed by atoms with van der Waals surface area (Å²) in [4.78, 5) is 24.4. The summed E-state index contributed by atoms with van der Waals surface area (Å²) in [7, 11) is 0. The number of aromatic hydroxyl groups is 2. The molecule has 0 aromatic heterocycles. The van der Waals surface area contributed by atoms with E-state index in [1.807, 2.05) is 0 Å². The molecule has 0 spiro atoms. The number of anilines is 1. The SMILES string of the molecule is O=C1NN(c2ccc(Br)cc2)C(=O)C1=Cc1ccc(O)c(O)c1. The summed E-state index contributed by atoms with van der Waals surface area (Å²) in [6, 6.07) is 10.9. The average Bonchev–Trinajstić information content (AvgIpc) is 2.80. The van der Waals surface area contributed by atoms with E-state index >= 15 is 0 Å². The fraction of sp³-hybridized carbons (Fsp3) is 0. The largest absolute Gasteiger partial charge is 0.504 e. The quantitative estimate of drug-likeness (QED) is 0.427. The van der Waals surface area contributed by atoms with Gasteiger partial charge in [-0.1, -0.05) is 22.0 Å². The van der Waals surface area contributed by atoms with Crippen molar-refractivity contribution >= 4 is 39.5 Å². The number of hydrazine groups is 1. The number of hydrogen-bond donors (Lipinski definition) is 3. The number of phenols is 2. The zero-order chi connectivity index (χ0) is 16.6. The van der Waals surface area contributed by atoms with E-state index in [0.717, 1.165) is 9.48 Å². The Hall–Kier alpha value is -2.80. The van der Waals surface area contributed by atoms with Gasteiger partial charge in [-0.15, -0.1) is 0 Å². The number of nitrogens with one attached hydrogen (secondary N) is 1. The van der Waals surface area contributed by atoms with Gasteiger partial charge in [0, 0.05) is 4.47 Å². The molecule has 1 heterocycles. The number of rotatable bonds is 2. The minimum Gasteiger partial charge on any atom is -0.504 e. The lowest BCUT2D eigenvalue weighted by molar-refractivity contribution is -0.117. The van der Waals surface area contributed by atoms with Crippen LogP contribution < -0.4 is 10.4 Å². The topological polar surface area (TPSA) is 89.9 Å². The number of carbonyl (C=O) groups is 2. The van der Waals surface area contributed by atoms with Crippen LogP contribution >= 0.6 is 15.9 Å². The maximum absolute atomic E-state index is 12.4. The van der Waals surface area contributed by atoms with Gasteiger partial charge in [-0.3, -0.25) is 15.0 Å². The van der Waals surface area contributed by atoms with Crippen molar-refractivity contribution in [3.63, 3.8) is 0 Å². The van der Waals surface area contributed by atoms with Crippen LogP contribution in [0.4, 0.5) is 5.69 Å². The maximum Gasteiger partial charge on any atom is 0.282 e. The Kier molecular flexibility index (Phi) is 3.79. The summed E-state index contributed by atoms with van der Waals surface area (Å²) in [5.74, 6) is -1.63. The molecule has 3 N–H and O–H groups in total. The van der Waals surface area contributed by atoms with E-state index in [2.05, 4.69) is 21.4 Å². The highest BCUT2D eigenvalue weighted by Gasteiger charge is 2.34. The van der Waals surface area contributed by atoms with Crippen LogP contribution in [0.25, 0.3) is 6.08 Å². The Balaban J connectivity index is 1.93. The van der Waals surface area contributed by atoms with E-state index in [0.29, 0.717) is 11.3 Å². The predicted octanol–water partition coefficient (Wildman–Crippen LogP) is 2.32. The van der Waals surface area contributed by atoms with Crippen molar-refractivity contribution in [3.05, 3.63) is 58.1 Å². The van der Waals surface area contributed by atoms with Crippen LogP contribution in [0.5, 0.6) is 11.5 Å². The van der Waals surface area contributed by atoms with Crippen molar-refractivity contribution in [3.8, 4) is 11.5 Å². The predicted molar refractivity (Wildman–Crippen MR) is 87.5 cm³/mol. The van der Waals surface area contributed by atoms with Crippen LogP contribution in [0, 0.1) is 0 Å². The molecule has 23 heavy (non-hydrogen) atoms. The van der Waals surface area contributed by atoms with Crippen LogP contribution in [-0.2, 0) is 9.59 Å². The van der Waals surface area contributed by atoms with Gasteiger partial charge < -0.3 is 10.2 Å². The van der Waals surface area contributed by atoms with Crippen molar-refractivity contribution < 1.29 is 19.8 Å². The van der Waals surface area contributed by atoms with Crippen LogP contribution in [-0.4, -0.2) is 22.0 Å². The summed E-state index contributed by atoms with van der Waals surface area (Å²) in [6.45, 7) is 0. The molecule has 2 aromatic carbocycles. The normalized spacial score (nSPS) is 16.0. The zero-order valence-electron chi connectivity index (χ0n) is 11.7. The molecule has 116 valence electrons. The van der Waals surface area contributed by atoms with Gasteiger partial charge in [0.1, 0.15) is 5.57 Å². The molecule has 1 aliphatic rings. The number of halogens is 1. The van der Waals surface area contributed by atoms with Gasteiger partial charge >= 0.3 is 0 Å². The van der Waals surface area contributed by atoms with Gasteiger partial charge in [0.15, 0.2) is 11.5 Å². The summed E-state index contributed by atoms with van der Waals surface area (Å²) in [5, 5.41) is 19.9. The molecule has 1 aliphatic heterocycles. The summed E-state index contributed by atoms with van der Waals surface area (Å²) < 4.78 is 0.856. The van der Waals surface area contributed by atoms with Gasteiger partial charge in [0.2, 0.25) is 0 Å². The molecule has 0 atom stereocenters. The Bertz CT molecular complexity index is 830. The molecule has 7 heteroatoms. The van der Waals surface area contributed by atoms with Crippen molar-refractivity contribution in [2.45, 2.75) is 0 Å². The number of benzene rings is 2. The third-order valence-corrected chi connectivity index (χ3v) is 3.82. The van der Waals surface area contributed by atoms with E-state index < -0.39 is 11.8 Å². The van der Waals surface area contributed by atoms with E-state index in [9.17, 15) is 19.8 Å². The molecular weight excluding hydrogens is 364 g/mol. The van der Waals surface area contributed by atoms with Crippen LogP contribution in [0.3, 0.4) is 0 Å². The maximum atomic E-state index is 12.4.